The number of carbonyl (C=O) groups is 2. The van der Waals surface area contributed by atoms with Gasteiger partial charge in [0.1, 0.15) is 17.6 Å². The summed E-state index contributed by atoms with van der Waals surface area (Å²) in [5, 5.41) is 0. The summed E-state index contributed by atoms with van der Waals surface area (Å²) in [4.78, 5) is 26.1. The number of halogens is 1. The average molecular weight is 331 g/mol. The molecule has 126 valence electrons. The van der Waals surface area contributed by atoms with Crippen molar-refractivity contribution < 1.29 is 23.1 Å². The zero-order valence-electron chi connectivity index (χ0n) is 13.3. The van der Waals surface area contributed by atoms with Crippen LogP contribution < -0.4 is 0 Å². The van der Waals surface area contributed by atoms with Gasteiger partial charge in [-0.3, -0.25) is 4.79 Å². The topological polar surface area (TPSA) is 59.8 Å². The molecular formula is C18H18FNO4. The summed E-state index contributed by atoms with van der Waals surface area (Å²) in [6.45, 7) is 0.491. The Morgan fingerprint density at radius 2 is 1.92 bits per heavy atom. The lowest BCUT2D eigenvalue weighted by atomic mass is 10.0. The van der Waals surface area contributed by atoms with Crippen LogP contribution in [-0.2, 0) is 9.53 Å². The lowest BCUT2D eigenvalue weighted by molar-refractivity contribution is -0.147. The zero-order valence-corrected chi connectivity index (χ0v) is 13.3. The highest BCUT2D eigenvalue weighted by Crippen LogP contribution is 2.26. The number of hydrogen-bond donors (Lipinski definition) is 0. The van der Waals surface area contributed by atoms with Gasteiger partial charge >= 0.3 is 5.97 Å². The summed E-state index contributed by atoms with van der Waals surface area (Å²) in [6.07, 6.45) is 2.30. The van der Waals surface area contributed by atoms with Crippen molar-refractivity contribution in [2.24, 2.45) is 0 Å². The fourth-order valence-corrected chi connectivity index (χ4v) is 2.92. The van der Waals surface area contributed by atoms with E-state index in [1.807, 2.05) is 0 Å². The van der Waals surface area contributed by atoms with Gasteiger partial charge in [0.2, 0.25) is 0 Å². The third-order valence-electron chi connectivity index (χ3n) is 4.18. The standard InChI is InChI=1S/C18H18FNO4/c1-23-18(22)14-4-2-3-11-20(14)17(21)16-10-9-15(24-16)12-5-7-13(19)8-6-12/h5-10,14H,2-4,11H2,1H3. The lowest BCUT2D eigenvalue weighted by Crippen LogP contribution is -2.48. The number of amides is 1. The number of benzene rings is 1. The van der Waals surface area contributed by atoms with Crippen LogP contribution in [0, 0.1) is 5.82 Å². The van der Waals surface area contributed by atoms with Crippen molar-refractivity contribution in [3.63, 3.8) is 0 Å². The van der Waals surface area contributed by atoms with E-state index in [0.29, 0.717) is 24.3 Å². The van der Waals surface area contributed by atoms with Gasteiger partial charge in [-0.25, -0.2) is 9.18 Å². The molecule has 1 atom stereocenters. The van der Waals surface area contributed by atoms with Gasteiger partial charge < -0.3 is 14.1 Å². The summed E-state index contributed by atoms with van der Waals surface area (Å²) in [5.41, 5.74) is 0.679. The monoisotopic (exact) mass is 331 g/mol. The van der Waals surface area contributed by atoms with Crippen LogP contribution in [0.3, 0.4) is 0 Å². The van der Waals surface area contributed by atoms with Gasteiger partial charge in [-0.05, 0) is 55.7 Å². The number of rotatable bonds is 3. The summed E-state index contributed by atoms with van der Waals surface area (Å²) < 4.78 is 23.4. The first-order valence-electron chi connectivity index (χ1n) is 7.84. The number of carbonyl (C=O) groups excluding carboxylic acids is 2. The molecule has 1 unspecified atom stereocenters. The molecule has 6 heteroatoms. The normalized spacial score (nSPS) is 17.6. The van der Waals surface area contributed by atoms with Crippen LogP contribution >= 0.6 is 0 Å². The van der Waals surface area contributed by atoms with Gasteiger partial charge in [0, 0.05) is 12.1 Å². The Morgan fingerprint density at radius 1 is 1.17 bits per heavy atom. The van der Waals surface area contributed by atoms with Gasteiger partial charge in [0.05, 0.1) is 7.11 Å². The van der Waals surface area contributed by atoms with Crippen LogP contribution in [0.2, 0.25) is 0 Å². The number of furan rings is 1. The van der Waals surface area contributed by atoms with Crippen molar-refractivity contribution in [3.05, 3.63) is 48.0 Å². The molecule has 0 saturated carbocycles. The maximum atomic E-state index is 13.0. The Morgan fingerprint density at radius 3 is 2.62 bits per heavy atom. The van der Waals surface area contributed by atoms with Crippen molar-refractivity contribution in [1.82, 2.24) is 4.90 Å². The Bertz CT molecular complexity index is 738. The third kappa shape index (κ3) is 3.18. The summed E-state index contributed by atoms with van der Waals surface area (Å²) in [5.74, 6) is -0.447. The van der Waals surface area contributed by atoms with E-state index < -0.39 is 12.0 Å². The highest BCUT2D eigenvalue weighted by Gasteiger charge is 2.34. The number of likely N-dealkylation sites (tertiary alicyclic amines) is 1. The fourth-order valence-electron chi connectivity index (χ4n) is 2.92. The second-order valence-electron chi connectivity index (χ2n) is 5.70. The van der Waals surface area contributed by atoms with Crippen LogP contribution in [-0.4, -0.2) is 36.5 Å². The smallest absolute Gasteiger partial charge is 0.328 e. The number of esters is 1. The molecule has 3 rings (SSSR count). The fraction of sp³-hybridized carbons (Fsp3) is 0.333. The van der Waals surface area contributed by atoms with Crippen LogP contribution in [0.25, 0.3) is 11.3 Å². The maximum absolute atomic E-state index is 13.0. The number of nitrogens with zero attached hydrogens (tertiary/aromatic N) is 1. The van der Waals surface area contributed by atoms with Crippen molar-refractivity contribution in [2.75, 3.05) is 13.7 Å². The van der Waals surface area contributed by atoms with E-state index in [9.17, 15) is 14.0 Å². The quantitative estimate of drug-likeness (QED) is 0.810. The molecule has 2 aromatic rings. The zero-order chi connectivity index (χ0) is 17.1. The highest BCUT2D eigenvalue weighted by atomic mass is 19.1. The molecule has 1 saturated heterocycles. The Balaban J connectivity index is 1.82. The van der Waals surface area contributed by atoms with Gasteiger partial charge in [0.25, 0.3) is 5.91 Å². The molecule has 1 aliphatic rings. The van der Waals surface area contributed by atoms with Gasteiger partial charge in [0.15, 0.2) is 5.76 Å². The molecule has 0 bridgehead atoms. The Kier molecular flexibility index (Phi) is 4.64. The van der Waals surface area contributed by atoms with E-state index in [0.717, 1.165) is 12.8 Å². The molecule has 24 heavy (non-hydrogen) atoms. The third-order valence-corrected chi connectivity index (χ3v) is 4.18. The first-order valence-corrected chi connectivity index (χ1v) is 7.84. The molecular weight excluding hydrogens is 313 g/mol. The second kappa shape index (κ2) is 6.86. The minimum atomic E-state index is -0.573. The van der Waals surface area contributed by atoms with Crippen LogP contribution in [0.4, 0.5) is 4.39 Å². The minimum Gasteiger partial charge on any atom is -0.467 e. The molecule has 0 radical (unpaired) electrons. The molecule has 1 aromatic heterocycles. The predicted molar refractivity (Wildman–Crippen MR) is 84.8 cm³/mol. The number of methoxy groups -OCH3 is 1. The first-order chi connectivity index (χ1) is 11.6. The van der Waals surface area contributed by atoms with Crippen molar-refractivity contribution in [2.45, 2.75) is 25.3 Å². The predicted octanol–water partition coefficient (Wildman–Crippen LogP) is 3.25. The SMILES string of the molecule is COC(=O)C1CCCCN1C(=O)c1ccc(-c2ccc(F)cc2)o1. The molecule has 1 aliphatic heterocycles. The van der Waals surface area contributed by atoms with Gasteiger partial charge in [-0.15, -0.1) is 0 Å². The summed E-state index contributed by atoms with van der Waals surface area (Å²) in [6, 6.07) is 8.49. The number of hydrogen-bond acceptors (Lipinski definition) is 4. The van der Waals surface area contributed by atoms with E-state index in [2.05, 4.69) is 0 Å². The van der Waals surface area contributed by atoms with E-state index in [1.165, 1.54) is 24.1 Å². The molecule has 1 amide bonds. The molecule has 2 heterocycles. The lowest BCUT2D eigenvalue weighted by Gasteiger charge is -2.33. The number of piperidine rings is 1. The van der Waals surface area contributed by atoms with Crippen molar-refractivity contribution in [3.8, 4) is 11.3 Å². The molecule has 0 aliphatic carbocycles. The van der Waals surface area contributed by atoms with Gasteiger partial charge in [-0.2, -0.15) is 0 Å². The van der Waals surface area contributed by atoms with Crippen molar-refractivity contribution in [1.29, 1.82) is 0 Å². The summed E-state index contributed by atoms with van der Waals surface area (Å²) in [7, 11) is 1.32. The van der Waals surface area contributed by atoms with E-state index in [4.69, 9.17) is 9.15 Å². The van der Waals surface area contributed by atoms with Crippen LogP contribution in [0.1, 0.15) is 29.8 Å². The molecule has 1 fully saturated rings. The van der Waals surface area contributed by atoms with Crippen LogP contribution in [0.15, 0.2) is 40.8 Å². The molecule has 0 spiro atoms. The first kappa shape index (κ1) is 16.2. The number of ether oxygens (including phenoxy) is 1. The Labute approximate surface area is 139 Å². The van der Waals surface area contributed by atoms with E-state index >= 15 is 0 Å². The maximum Gasteiger partial charge on any atom is 0.328 e. The van der Waals surface area contributed by atoms with Gasteiger partial charge in [-0.1, -0.05) is 0 Å². The Hall–Kier alpha value is -2.63. The van der Waals surface area contributed by atoms with E-state index in [-0.39, 0.29) is 17.5 Å². The largest absolute Gasteiger partial charge is 0.467 e. The molecule has 5 nitrogen and oxygen atoms in total. The molecule has 0 N–H and O–H groups in total. The average Bonchev–Trinajstić information content (AvgIpc) is 3.11. The summed E-state index contributed by atoms with van der Waals surface area (Å²) >= 11 is 0. The van der Waals surface area contributed by atoms with Crippen LogP contribution in [0.5, 0.6) is 0 Å². The second-order valence-corrected chi connectivity index (χ2v) is 5.70. The minimum absolute atomic E-state index is 0.158. The van der Waals surface area contributed by atoms with Crippen molar-refractivity contribution >= 4 is 11.9 Å². The van der Waals surface area contributed by atoms with E-state index in [1.54, 1.807) is 24.3 Å². The highest BCUT2D eigenvalue weighted by molar-refractivity contribution is 5.95. The molecule has 1 aromatic carbocycles.